The first kappa shape index (κ1) is 18.3. The smallest absolute Gasteiger partial charge is 0.228 e. The maximum atomic E-state index is 12.7. The van der Waals surface area contributed by atoms with E-state index in [-0.39, 0.29) is 17.7 Å². The van der Waals surface area contributed by atoms with Crippen molar-refractivity contribution in [2.45, 2.75) is 25.7 Å². The number of anilines is 2. The third-order valence-electron chi connectivity index (χ3n) is 6.17. The molecule has 3 fully saturated rings. The van der Waals surface area contributed by atoms with Gasteiger partial charge in [-0.1, -0.05) is 0 Å². The van der Waals surface area contributed by atoms with E-state index >= 15 is 0 Å². The Kier molecular flexibility index (Phi) is 5.34. The van der Waals surface area contributed by atoms with Gasteiger partial charge in [0.05, 0.1) is 5.92 Å². The molecule has 6 nitrogen and oxygen atoms in total. The van der Waals surface area contributed by atoms with Gasteiger partial charge in [0.2, 0.25) is 11.8 Å². The molecule has 4 rings (SSSR count). The van der Waals surface area contributed by atoms with Crippen LogP contribution in [0, 0.1) is 5.92 Å². The fourth-order valence-corrected chi connectivity index (χ4v) is 4.40. The maximum absolute atomic E-state index is 12.7. The van der Waals surface area contributed by atoms with E-state index in [9.17, 15) is 9.59 Å². The molecule has 0 saturated carbocycles. The fraction of sp³-hybridized carbons (Fsp3) is 0.619. The first-order valence-electron chi connectivity index (χ1n) is 10.2. The molecule has 0 aromatic heterocycles. The van der Waals surface area contributed by atoms with Gasteiger partial charge in [0, 0.05) is 63.6 Å². The minimum Gasteiger partial charge on any atom is -0.369 e. The fourth-order valence-electron chi connectivity index (χ4n) is 4.40. The predicted molar refractivity (Wildman–Crippen MR) is 107 cm³/mol. The molecule has 3 aliphatic heterocycles. The molecule has 0 bridgehead atoms. The van der Waals surface area contributed by atoms with Crippen LogP contribution in [0.15, 0.2) is 24.3 Å². The molecule has 3 saturated heterocycles. The van der Waals surface area contributed by atoms with Crippen molar-refractivity contribution in [3.63, 3.8) is 0 Å². The number of rotatable bonds is 3. The molecule has 1 aromatic rings. The zero-order valence-electron chi connectivity index (χ0n) is 16.3. The molecule has 0 N–H and O–H groups in total. The predicted octanol–water partition coefficient (Wildman–Crippen LogP) is 1.80. The number of hydrogen-bond donors (Lipinski definition) is 0. The van der Waals surface area contributed by atoms with Crippen molar-refractivity contribution in [3.8, 4) is 0 Å². The Labute approximate surface area is 161 Å². The molecular weight excluding hydrogens is 340 g/mol. The Hall–Kier alpha value is -2.08. The summed E-state index contributed by atoms with van der Waals surface area (Å²) in [6.07, 6.45) is 3.72. The molecule has 0 spiro atoms. The largest absolute Gasteiger partial charge is 0.369 e. The van der Waals surface area contributed by atoms with Gasteiger partial charge in [0.1, 0.15) is 0 Å². The summed E-state index contributed by atoms with van der Waals surface area (Å²) in [6.45, 7) is 6.43. The highest BCUT2D eigenvalue weighted by Gasteiger charge is 2.37. The normalized spacial score (nSPS) is 24.6. The highest BCUT2D eigenvalue weighted by Crippen LogP contribution is 2.29. The SMILES string of the molecule is CN1CCN(c2ccc(N3CC(C(=O)N4CCCCC4)CC3=O)cc2)CC1. The average Bonchev–Trinajstić information content (AvgIpc) is 3.10. The van der Waals surface area contributed by atoms with Crippen LogP contribution >= 0.6 is 0 Å². The molecule has 3 aliphatic rings. The van der Waals surface area contributed by atoms with Crippen molar-refractivity contribution >= 4 is 23.2 Å². The van der Waals surface area contributed by atoms with Crippen LogP contribution in [-0.4, -0.2) is 74.5 Å². The van der Waals surface area contributed by atoms with E-state index in [1.165, 1.54) is 12.1 Å². The maximum Gasteiger partial charge on any atom is 0.228 e. The summed E-state index contributed by atoms with van der Waals surface area (Å²) in [5.41, 5.74) is 2.12. The van der Waals surface area contributed by atoms with Gasteiger partial charge in [-0.3, -0.25) is 9.59 Å². The standard InChI is InChI=1S/C21H30N4O2/c1-22-11-13-23(14-12-22)18-5-7-19(8-6-18)25-16-17(15-20(25)26)21(27)24-9-3-2-4-10-24/h5-8,17H,2-4,9-16H2,1H3. The number of likely N-dealkylation sites (tertiary alicyclic amines) is 1. The second-order valence-electron chi connectivity index (χ2n) is 8.10. The van der Waals surface area contributed by atoms with Crippen LogP contribution in [0.4, 0.5) is 11.4 Å². The number of piperazine rings is 1. The van der Waals surface area contributed by atoms with Crippen LogP contribution in [0.3, 0.4) is 0 Å². The minimum atomic E-state index is -0.187. The molecule has 1 atom stereocenters. The van der Waals surface area contributed by atoms with E-state index in [1.54, 1.807) is 4.90 Å². The van der Waals surface area contributed by atoms with Crippen molar-refractivity contribution in [2.24, 2.45) is 5.92 Å². The highest BCUT2D eigenvalue weighted by molar-refractivity contribution is 6.00. The van der Waals surface area contributed by atoms with E-state index in [2.05, 4.69) is 29.0 Å². The molecule has 6 heteroatoms. The van der Waals surface area contributed by atoms with Crippen LogP contribution in [-0.2, 0) is 9.59 Å². The van der Waals surface area contributed by atoms with E-state index in [1.807, 2.05) is 17.0 Å². The molecule has 1 aromatic carbocycles. The number of carbonyl (C=O) groups is 2. The minimum absolute atomic E-state index is 0.0673. The Balaban J connectivity index is 1.39. The zero-order valence-corrected chi connectivity index (χ0v) is 16.3. The van der Waals surface area contributed by atoms with Crippen LogP contribution in [0.5, 0.6) is 0 Å². The van der Waals surface area contributed by atoms with Gasteiger partial charge in [-0.25, -0.2) is 0 Å². The molecule has 0 radical (unpaired) electrons. The van der Waals surface area contributed by atoms with E-state index in [0.717, 1.165) is 57.8 Å². The van der Waals surface area contributed by atoms with Gasteiger partial charge in [-0.2, -0.15) is 0 Å². The van der Waals surface area contributed by atoms with Gasteiger partial charge in [0.25, 0.3) is 0 Å². The Morgan fingerprint density at radius 2 is 1.52 bits per heavy atom. The van der Waals surface area contributed by atoms with Gasteiger partial charge >= 0.3 is 0 Å². The van der Waals surface area contributed by atoms with E-state index < -0.39 is 0 Å². The summed E-state index contributed by atoms with van der Waals surface area (Å²) < 4.78 is 0. The van der Waals surface area contributed by atoms with Crippen molar-refractivity contribution < 1.29 is 9.59 Å². The molecule has 3 heterocycles. The number of amides is 2. The first-order valence-corrected chi connectivity index (χ1v) is 10.2. The van der Waals surface area contributed by atoms with Gasteiger partial charge in [0.15, 0.2) is 0 Å². The summed E-state index contributed by atoms with van der Waals surface area (Å²) >= 11 is 0. The van der Waals surface area contributed by atoms with E-state index in [0.29, 0.717) is 13.0 Å². The topological polar surface area (TPSA) is 47.1 Å². The molecule has 0 aliphatic carbocycles. The average molecular weight is 370 g/mol. The lowest BCUT2D eigenvalue weighted by Crippen LogP contribution is -2.44. The number of nitrogens with zero attached hydrogens (tertiary/aromatic N) is 4. The Bertz CT molecular complexity index is 676. The number of carbonyl (C=O) groups excluding carboxylic acids is 2. The lowest BCUT2D eigenvalue weighted by atomic mass is 10.0. The third kappa shape index (κ3) is 3.95. The van der Waals surface area contributed by atoms with Crippen molar-refractivity contribution in [1.29, 1.82) is 0 Å². The summed E-state index contributed by atoms with van der Waals surface area (Å²) in [5, 5.41) is 0. The van der Waals surface area contributed by atoms with Gasteiger partial charge in [-0.15, -0.1) is 0 Å². The third-order valence-corrected chi connectivity index (χ3v) is 6.17. The molecule has 1 unspecified atom stereocenters. The van der Waals surface area contributed by atoms with Crippen molar-refractivity contribution in [2.75, 3.05) is 62.7 Å². The van der Waals surface area contributed by atoms with Gasteiger partial charge in [-0.05, 0) is 50.6 Å². The summed E-state index contributed by atoms with van der Waals surface area (Å²) in [7, 11) is 2.15. The monoisotopic (exact) mass is 370 g/mol. The lowest BCUT2D eigenvalue weighted by Gasteiger charge is -2.34. The molecule has 146 valence electrons. The van der Waals surface area contributed by atoms with Crippen LogP contribution in [0.2, 0.25) is 0 Å². The Morgan fingerprint density at radius 3 is 2.19 bits per heavy atom. The number of piperidine rings is 1. The first-order chi connectivity index (χ1) is 13.1. The Morgan fingerprint density at radius 1 is 0.889 bits per heavy atom. The lowest BCUT2D eigenvalue weighted by molar-refractivity contribution is -0.136. The molecule has 27 heavy (non-hydrogen) atoms. The second kappa shape index (κ2) is 7.89. The molecule has 2 amide bonds. The summed E-state index contributed by atoms with van der Waals surface area (Å²) in [5.74, 6) is 0.0465. The number of benzene rings is 1. The highest BCUT2D eigenvalue weighted by atomic mass is 16.2. The zero-order chi connectivity index (χ0) is 18.8. The van der Waals surface area contributed by atoms with Crippen LogP contribution < -0.4 is 9.80 Å². The number of likely N-dealkylation sites (N-methyl/N-ethyl adjacent to an activating group) is 1. The van der Waals surface area contributed by atoms with Crippen molar-refractivity contribution in [3.05, 3.63) is 24.3 Å². The summed E-state index contributed by atoms with van der Waals surface area (Å²) in [6, 6.07) is 8.26. The number of hydrogen-bond acceptors (Lipinski definition) is 4. The van der Waals surface area contributed by atoms with Crippen LogP contribution in [0.25, 0.3) is 0 Å². The second-order valence-corrected chi connectivity index (χ2v) is 8.10. The van der Waals surface area contributed by atoms with Crippen LogP contribution in [0.1, 0.15) is 25.7 Å². The quantitative estimate of drug-likeness (QED) is 0.814. The van der Waals surface area contributed by atoms with Gasteiger partial charge < -0.3 is 19.6 Å². The summed E-state index contributed by atoms with van der Waals surface area (Å²) in [4.78, 5) is 33.8. The van der Waals surface area contributed by atoms with E-state index in [4.69, 9.17) is 0 Å². The molecular formula is C21H30N4O2. The van der Waals surface area contributed by atoms with Crippen molar-refractivity contribution in [1.82, 2.24) is 9.80 Å².